The Bertz CT molecular complexity index is 595. The number of aryl methyl sites for hydroxylation is 2. The Hall–Kier alpha value is -2.35. The summed E-state index contributed by atoms with van der Waals surface area (Å²) >= 11 is 0. The summed E-state index contributed by atoms with van der Waals surface area (Å²) in [5.41, 5.74) is 1.11. The number of hydrogen-bond donors (Lipinski definition) is 1. The number of aromatic nitrogens is 4. The van der Waals surface area contributed by atoms with Crippen LogP contribution in [0.1, 0.15) is 31.3 Å². The summed E-state index contributed by atoms with van der Waals surface area (Å²) in [6.07, 6.45) is 0.717. The zero-order chi connectivity index (χ0) is 15.2. The highest BCUT2D eigenvalue weighted by molar-refractivity contribution is 5.32. The Kier molecular flexibility index (Phi) is 4.94. The van der Waals surface area contributed by atoms with Crippen molar-refractivity contribution in [2.75, 3.05) is 6.54 Å². The Balaban J connectivity index is 2.00. The molecule has 2 rings (SSSR count). The number of benzene rings is 1. The lowest BCUT2D eigenvalue weighted by atomic mass is 10.1. The zero-order valence-corrected chi connectivity index (χ0v) is 12.1. The molecule has 0 aliphatic rings. The van der Waals surface area contributed by atoms with E-state index in [1.54, 1.807) is 16.8 Å². The first-order chi connectivity index (χ1) is 10.1. The lowest BCUT2D eigenvalue weighted by molar-refractivity contribution is -0.384. The Morgan fingerprint density at radius 1 is 1.38 bits per heavy atom. The van der Waals surface area contributed by atoms with Gasteiger partial charge in [0, 0.05) is 18.7 Å². The van der Waals surface area contributed by atoms with Crippen LogP contribution in [0.4, 0.5) is 5.69 Å². The average Bonchev–Trinajstić information content (AvgIpc) is 2.94. The molecule has 2 aromatic rings. The van der Waals surface area contributed by atoms with E-state index in [-0.39, 0.29) is 11.7 Å². The maximum absolute atomic E-state index is 10.6. The fraction of sp³-hybridized carbons (Fsp3) is 0.462. The Morgan fingerprint density at radius 3 is 2.71 bits per heavy atom. The van der Waals surface area contributed by atoms with Crippen molar-refractivity contribution in [1.82, 2.24) is 25.5 Å². The molecule has 1 N–H and O–H groups in total. The molecule has 0 saturated carbocycles. The van der Waals surface area contributed by atoms with E-state index in [9.17, 15) is 10.1 Å². The fourth-order valence-electron chi connectivity index (χ4n) is 2.10. The lowest BCUT2D eigenvalue weighted by Gasteiger charge is -2.11. The van der Waals surface area contributed by atoms with Crippen molar-refractivity contribution in [3.05, 3.63) is 45.8 Å². The molecule has 0 radical (unpaired) electrons. The predicted molar refractivity (Wildman–Crippen MR) is 76.7 cm³/mol. The molecule has 1 unspecified atom stereocenters. The molecule has 1 aromatic heterocycles. The highest BCUT2D eigenvalue weighted by atomic mass is 16.6. The number of nitrogens with zero attached hydrogens (tertiary/aromatic N) is 5. The number of rotatable bonds is 7. The van der Waals surface area contributed by atoms with Crippen LogP contribution in [0.15, 0.2) is 24.3 Å². The summed E-state index contributed by atoms with van der Waals surface area (Å²) in [6, 6.07) is 6.63. The van der Waals surface area contributed by atoms with Gasteiger partial charge in [-0.3, -0.25) is 10.1 Å². The monoisotopic (exact) mass is 290 g/mol. The lowest BCUT2D eigenvalue weighted by Crippen LogP contribution is -2.22. The normalized spacial score (nSPS) is 12.3. The maximum atomic E-state index is 10.6. The van der Waals surface area contributed by atoms with Crippen LogP contribution in [0.3, 0.4) is 0 Å². The predicted octanol–water partition coefficient (Wildman–Crippen LogP) is 1.49. The van der Waals surface area contributed by atoms with Crippen molar-refractivity contribution in [1.29, 1.82) is 0 Å². The van der Waals surface area contributed by atoms with Gasteiger partial charge in [-0.2, -0.15) is 0 Å². The van der Waals surface area contributed by atoms with Gasteiger partial charge in [-0.25, -0.2) is 4.68 Å². The largest absolute Gasteiger partial charge is 0.308 e. The van der Waals surface area contributed by atoms with E-state index in [2.05, 4.69) is 20.8 Å². The van der Waals surface area contributed by atoms with E-state index in [1.807, 2.05) is 13.8 Å². The number of nitro benzene ring substituents is 1. The molecule has 8 heteroatoms. The minimum Gasteiger partial charge on any atom is -0.308 e. The minimum atomic E-state index is -0.401. The SMILES string of the molecule is CCNC(C)c1nnnn1CCc1ccc([N+](=O)[O-])cc1. The van der Waals surface area contributed by atoms with Gasteiger partial charge in [0.25, 0.3) is 5.69 Å². The molecule has 21 heavy (non-hydrogen) atoms. The second-order valence-electron chi connectivity index (χ2n) is 4.71. The van der Waals surface area contributed by atoms with E-state index >= 15 is 0 Å². The molecule has 1 atom stereocenters. The molecule has 1 aromatic carbocycles. The molecule has 0 saturated heterocycles. The molecule has 1 heterocycles. The second kappa shape index (κ2) is 6.89. The van der Waals surface area contributed by atoms with Crippen LogP contribution >= 0.6 is 0 Å². The topological polar surface area (TPSA) is 98.8 Å². The molecule has 8 nitrogen and oxygen atoms in total. The number of non-ortho nitro benzene ring substituents is 1. The molecular weight excluding hydrogens is 272 g/mol. The molecule has 0 bridgehead atoms. The molecule has 0 aliphatic carbocycles. The second-order valence-corrected chi connectivity index (χ2v) is 4.71. The van der Waals surface area contributed by atoms with Gasteiger partial charge in [0.05, 0.1) is 11.0 Å². The van der Waals surface area contributed by atoms with Crippen LogP contribution in [-0.2, 0) is 13.0 Å². The van der Waals surface area contributed by atoms with Crippen molar-refractivity contribution in [3.8, 4) is 0 Å². The van der Waals surface area contributed by atoms with Gasteiger partial charge in [0.2, 0.25) is 0 Å². The molecule has 0 amide bonds. The maximum Gasteiger partial charge on any atom is 0.269 e. The van der Waals surface area contributed by atoms with Crippen molar-refractivity contribution < 1.29 is 4.92 Å². The first-order valence-electron chi connectivity index (χ1n) is 6.84. The molecule has 0 aliphatic heterocycles. The van der Waals surface area contributed by atoms with Gasteiger partial charge in [-0.1, -0.05) is 19.1 Å². The van der Waals surface area contributed by atoms with E-state index in [4.69, 9.17) is 0 Å². The van der Waals surface area contributed by atoms with Crippen LogP contribution in [0.5, 0.6) is 0 Å². The zero-order valence-electron chi connectivity index (χ0n) is 12.1. The van der Waals surface area contributed by atoms with E-state index in [0.717, 1.165) is 24.4 Å². The van der Waals surface area contributed by atoms with Crippen molar-refractivity contribution in [2.24, 2.45) is 0 Å². The summed E-state index contributed by atoms with van der Waals surface area (Å²) in [5.74, 6) is 0.791. The first kappa shape index (κ1) is 15.0. The Morgan fingerprint density at radius 2 is 2.10 bits per heavy atom. The van der Waals surface area contributed by atoms with Crippen molar-refractivity contribution in [2.45, 2.75) is 32.9 Å². The number of hydrogen-bond acceptors (Lipinski definition) is 6. The standard InChI is InChI=1S/C13H18N6O2/c1-3-14-10(2)13-15-16-17-18(13)9-8-11-4-6-12(7-5-11)19(20)21/h4-7,10,14H,3,8-9H2,1-2H3. The summed E-state index contributed by atoms with van der Waals surface area (Å²) in [7, 11) is 0. The molecular formula is C13H18N6O2. The van der Waals surface area contributed by atoms with E-state index in [1.165, 1.54) is 12.1 Å². The highest BCUT2D eigenvalue weighted by Gasteiger charge is 2.13. The van der Waals surface area contributed by atoms with Gasteiger partial charge in [-0.05, 0) is 35.9 Å². The first-order valence-corrected chi connectivity index (χ1v) is 6.84. The van der Waals surface area contributed by atoms with Crippen LogP contribution in [0.25, 0.3) is 0 Å². The molecule has 0 fully saturated rings. The summed E-state index contributed by atoms with van der Waals surface area (Å²) in [6.45, 7) is 5.52. The summed E-state index contributed by atoms with van der Waals surface area (Å²) in [4.78, 5) is 10.2. The quantitative estimate of drug-likeness (QED) is 0.612. The number of tetrazole rings is 1. The van der Waals surface area contributed by atoms with Gasteiger partial charge in [0.1, 0.15) is 0 Å². The third-order valence-corrected chi connectivity index (χ3v) is 3.22. The van der Waals surface area contributed by atoms with Gasteiger partial charge < -0.3 is 5.32 Å². The van der Waals surface area contributed by atoms with E-state index in [0.29, 0.717) is 6.54 Å². The van der Waals surface area contributed by atoms with Crippen LogP contribution in [0, 0.1) is 10.1 Å². The molecule has 112 valence electrons. The average molecular weight is 290 g/mol. The number of nitro groups is 1. The third kappa shape index (κ3) is 3.82. The fourth-order valence-corrected chi connectivity index (χ4v) is 2.10. The smallest absolute Gasteiger partial charge is 0.269 e. The summed E-state index contributed by atoms with van der Waals surface area (Å²) < 4.78 is 1.76. The third-order valence-electron chi connectivity index (χ3n) is 3.22. The van der Waals surface area contributed by atoms with Gasteiger partial charge >= 0.3 is 0 Å². The van der Waals surface area contributed by atoms with Crippen molar-refractivity contribution >= 4 is 5.69 Å². The molecule has 0 spiro atoms. The van der Waals surface area contributed by atoms with Crippen LogP contribution < -0.4 is 5.32 Å². The van der Waals surface area contributed by atoms with Crippen LogP contribution in [-0.4, -0.2) is 31.7 Å². The Labute approximate surface area is 122 Å². The van der Waals surface area contributed by atoms with Gasteiger partial charge in [-0.15, -0.1) is 5.10 Å². The minimum absolute atomic E-state index is 0.0851. The van der Waals surface area contributed by atoms with Crippen LogP contribution in [0.2, 0.25) is 0 Å². The highest BCUT2D eigenvalue weighted by Crippen LogP contribution is 2.13. The van der Waals surface area contributed by atoms with E-state index < -0.39 is 4.92 Å². The van der Waals surface area contributed by atoms with Crippen molar-refractivity contribution in [3.63, 3.8) is 0 Å². The number of nitrogens with one attached hydrogen (secondary N) is 1. The van der Waals surface area contributed by atoms with Gasteiger partial charge in [0.15, 0.2) is 5.82 Å². The summed E-state index contributed by atoms with van der Waals surface area (Å²) in [5, 5.41) is 25.6.